The number of aliphatic hydroxyl groups is 2. The van der Waals surface area contributed by atoms with Crippen molar-refractivity contribution in [3.05, 3.63) is 36.5 Å². The maximum absolute atomic E-state index is 13.8. The van der Waals surface area contributed by atoms with E-state index in [1.165, 1.54) is 19.9 Å². The highest BCUT2D eigenvalue weighted by atomic mass is 16.7. The number of fused-ring (bicyclic) bond motifs is 1. The van der Waals surface area contributed by atoms with Gasteiger partial charge in [-0.15, -0.1) is 0 Å². The van der Waals surface area contributed by atoms with Gasteiger partial charge in [0.2, 0.25) is 5.60 Å². The fourth-order valence-corrected chi connectivity index (χ4v) is 8.42. The molecule has 2 spiro atoms. The van der Waals surface area contributed by atoms with Crippen LogP contribution in [0.4, 0.5) is 0 Å². The lowest BCUT2D eigenvalue weighted by Gasteiger charge is -2.68. The summed E-state index contributed by atoms with van der Waals surface area (Å²) in [6.45, 7) is 16.5. The molecule has 0 aromatic heterocycles. The molecule has 9 atom stereocenters. The first kappa shape index (κ1) is 22.0. The second kappa shape index (κ2) is 5.34. The van der Waals surface area contributed by atoms with Crippen LogP contribution in [0.5, 0.6) is 0 Å². The number of rotatable bonds is 0. The number of carbonyl (C=O) groups excluding carboxylic acids is 3. The molecule has 34 heavy (non-hydrogen) atoms. The molecule has 2 saturated carbocycles. The largest absolute Gasteiger partial charge is 0.458 e. The van der Waals surface area contributed by atoms with Gasteiger partial charge in [-0.05, 0) is 45.3 Å². The van der Waals surface area contributed by atoms with Crippen molar-refractivity contribution in [2.45, 2.75) is 81.8 Å². The summed E-state index contributed by atoms with van der Waals surface area (Å²) < 4.78 is 23.7. The van der Waals surface area contributed by atoms with Gasteiger partial charge in [-0.25, -0.2) is 9.59 Å². The number of esters is 3. The molecule has 182 valence electrons. The Labute approximate surface area is 196 Å². The monoisotopic (exact) mass is 472 g/mol. The average Bonchev–Trinajstić information content (AvgIpc) is 3.06. The van der Waals surface area contributed by atoms with E-state index in [9.17, 15) is 24.6 Å². The zero-order valence-electron chi connectivity index (χ0n) is 19.8. The quantitative estimate of drug-likeness (QED) is 0.300. The Morgan fingerprint density at radius 1 is 0.971 bits per heavy atom. The van der Waals surface area contributed by atoms with E-state index in [0.29, 0.717) is 5.57 Å². The maximum atomic E-state index is 13.8. The molecule has 9 heteroatoms. The molecule has 0 aromatic rings. The highest BCUT2D eigenvalue weighted by molar-refractivity contribution is 6.02. The molecule has 0 unspecified atom stereocenters. The SMILES string of the molecule is C=C1[C@@]23C(=O)O[C@H](C)[C@]24O[C@@]2(C(=C)[C@]5(C=CC(=O)OC5(C)C)C[C@@H](O)[C@]32C)[C@H](O)[C@@]1(C)OC4=O. The van der Waals surface area contributed by atoms with E-state index in [1.807, 2.05) is 0 Å². The Morgan fingerprint density at radius 3 is 2.24 bits per heavy atom. The van der Waals surface area contributed by atoms with Gasteiger partial charge in [-0.2, -0.15) is 0 Å². The maximum Gasteiger partial charge on any atom is 0.344 e. The molecule has 6 aliphatic rings. The first-order chi connectivity index (χ1) is 15.6. The number of carbonyl (C=O) groups is 3. The van der Waals surface area contributed by atoms with Crippen LogP contribution in [0.15, 0.2) is 36.5 Å². The summed E-state index contributed by atoms with van der Waals surface area (Å²) in [6.07, 6.45) is -1.10. The smallest absolute Gasteiger partial charge is 0.344 e. The average molecular weight is 472 g/mol. The third-order valence-corrected chi connectivity index (χ3v) is 10.3. The fourth-order valence-electron chi connectivity index (χ4n) is 8.42. The first-order valence-electron chi connectivity index (χ1n) is 11.4. The zero-order chi connectivity index (χ0) is 25.1. The van der Waals surface area contributed by atoms with Crippen LogP contribution in [-0.2, 0) is 33.3 Å². The van der Waals surface area contributed by atoms with E-state index < -0.39 is 74.9 Å². The van der Waals surface area contributed by atoms with E-state index in [4.69, 9.17) is 18.9 Å². The lowest BCUT2D eigenvalue weighted by atomic mass is 9.35. The van der Waals surface area contributed by atoms with Gasteiger partial charge in [0.25, 0.3) is 0 Å². The van der Waals surface area contributed by atoms with Crippen LogP contribution in [-0.4, -0.2) is 68.8 Å². The molecule has 2 aliphatic carbocycles. The van der Waals surface area contributed by atoms with E-state index in [0.717, 1.165) is 0 Å². The highest BCUT2D eigenvalue weighted by Gasteiger charge is 2.99. The number of hydrogen-bond acceptors (Lipinski definition) is 9. The number of hydrogen-bond donors (Lipinski definition) is 2. The van der Waals surface area contributed by atoms with Crippen LogP contribution in [0.1, 0.15) is 41.0 Å². The molecule has 4 heterocycles. The van der Waals surface area contributed by atoms with Gasteiger partial charge >= 0.3 is 17.9 Å². The summed E-state index contributed by atoms with van der Waals surface area (Å²) in [5.41, 5.74) is -10.9. The van der Waals surface area contributed by atoms with Crippen LogP contribution >= 0.6 is 0 Å². The Bertz CT molecular complexity index is 1180. The van der Waals surface area contributed by atoms with Crippen molar-refractivity contribution in [2.75, 3.05) is 0 Å². The van der Waals surface area contributed by atoms with E-state index in [-0.39, 0.29) is 12.0 Å². The molecule has 0 amide bonds. The lowest BCUT2D eigenvalue weighted by molar-refractivity contribution is -0.256. The Kier molecular flexibility index (Phi) is 3.46. The minimum atomic E-state index is -1.98. The third-order valence-electron chi connectivity index (χ3n) is 10.3. The molecule has 3 saturated heterocycles. The molecule has 5 fully saturated rings. The second-order valence-electron chi connectivity index (χ2n) is 11.4. The topological polar surface area (TPSA) is 129 Å². The van der Waals surface area contributed by atoms with Crippen molar-refractivity contribution in [1.29, 1.82) is 0 Å². The Morgan fingerprint density at radius 2 is 1.62 bits per heavy atom. The Balaban J connectivity index is 1.75. The molecule has 3 bridgehead atoms. The van der Waals surface area contributed by atoms with Crippen molar-refractivity contribution < 1.29 is 43.5 Å². The van der Waals surface area contributed by atoms with Gasteiger partial charge in [0.15, 0.2) is 5.60 Å². The van der Waals surface area contributed by atoms with Crippen molar-refractivity contribution in [2.24, 2.45) is 16.2 Å². The molecule has 4 aliphatic heterocycles. The van der Waals surface area contributed by atoms with Crippen LogP contribution in [0.3, 0.4) is 0 Å². The third kappa shape index (κ3) is 1.55. The normalized spacial score (nSPS) is 56.2. The van der Waals surface area contributed by atoms with Gasteiger partial charge in [0, 0.05) is 6.08 Å². The molecule has 6 rings (SSSR count). The minimum Gasteiger partial charge on any atom is -0.458 e. The number of cyclic esters (lactones) is 2. The highest BCUT2D eigenvalue weighted by Crippen LogP contribution is 2.84. The van der Waals surface area contributed by atoms with Gasteiger partial charge in [0.05, 0.1) is 16.9 Å². The van der Waals surface area contributed by atoms with Gasteiger partial charge in [-0.1, -0.05) is 26.2 Å². The predicted molar refractivity (Wildman–Crippen MR) is 114 cm³/mol. The minimum absolute atomic E-state index is 0.00449. The van der Waals surface area contributed by atoms with Crippen LogP contribution in [0.25, 0.3) is 0 Å². The van der Waals surface area contributed by atoms with Gasteiger partial charge in [0.1, 0.15) is 28.8 Å². The molecular weight excluding hydrogens is 444 g/mol. The molecular formula is C25H28O9. The van der Waals surface area contributed by atoms with Gasteiger partial charge < -0.3 is 29.2 Å². The van der Waals surface area contributed by atoms with Crippen LogP contribution < -0.4 is 0 Å². The van der Waals surface area contributed by atoms with E-state index >= 15 is 0 Å². The number of aliphatic hydroxyl groups excluding tert-OH is 2. The van der Waals surface area contributed by atoms with Crippen molar-refractivity contribution >= 4 is 17.9 Å². The van der Waals surface area contributed by atoms with Crippen LogP contribution in [0, 0.1) is 16.2 Å². The summed E-state index contributed by atoms with van der Waals surface area (Å²) in [6, 6.07) is 0. The summed E-state index contributed by atoms with van der Waals surface area (Å²) >= 11 is 0. The standard InChI is InChI=1S/C25H28O9/c1-11-20(6)16(28)24-12(2)22(9-8-15(27)32-19(22,4)5)10-14(26)21(24,7)23(11)17(29)31-13(3)25(23,34-24)18(30)33-20/h8-9,13-14,16,26,28H,1-2,10H2,3-7H3/t13-,14-,16-,20+,21-,22+,23+,24+,25-/m1/s1. The second-order valence-corrected chi connectivity index (χ2v) is 11.4. The fraction of sp³-hybridized carbons (Fsp3) is 0.640. The molecule has 2 N–H and O–H groups in total. The molecule has 0 aromatic carbocycles. The lowest BCUT2D eigenvalue weighted by Crippen LogP contribution is -2.81. The zero-order valence-corrected chi connectivity index (χ0v) is 19.8. The van der Waals surface area contributed by atoms with Crippen molar-refractivity contribution in [3.63, 3.8) is 0 Å². The van der Waals surface area contributed by atoms with E-state index in [1.54, 1.807) is 26.8 Å². The Hall–Kier alpha value is -2.49. The van der Waals surface area contributed by atoms with Crippen molar-refractivity contribution in [3.8, 4) is 0 Å². The summed E-state index contributed by atoms with van der Waals surface area (Å²) in [4.78, 5) is 39.6. The first-order valence-corrected chi connectivity index (χ1v) is 11.4. The molecule has 0 radical (unpaired) electrons. The predicted octanol–water partition coefficient (Wildman–Crippen LogP) is 0.877. The van der Waals surface area contributed by atoms with Crippen molar-refractivity contribution in [1.82, 2.24) is 0 Å². The molecule has 9 nitrogen and oxygen atoms in total. The summed E-state index contributed by atoms with van der Waals surface area (Å²) in [5, 5.41) is 23.9. The van der Waals surface area contributed by atoms with Gasteiger partial charge in [-0.3, -0.25) is 4.79 Å². The van der Waals surface area contributed by atoms with E-state index in [2.05, 4.69) is 13.2 Å². The summed E-state index contributed by atoms with van der Waals surface area (Å²) in [7, 11) is 0. The number of ether oxygens (including phenoxy) is 4. The van der Waals surface area contributed by atoms with Crippen LogP contribution in [0.2, 0.25) is 0 Å². The summed E-state index contributed by atoms with van der Waals surface area (Å²) in [5.74, 6) is -2.16.